The predicted molar refractivity (Wildman–Crippen MR) is 84.6 cm³/mol. The summed E-state index contributed by atoms with van der Waals surface area (Å²) in [6, 6.07) is 8.13. The van der Waals surface area contributed by atoms with Gasteiger partial charge in [-0.25, -0.2) is 4.98 Å². The van der Waals surface area contributed by atoms with Gasteiger partial charge in [-0.1, -0.05) is 18.2 Å². The molecule has 3 rings (SSSR count). The minimum Gasteiger partial charge on any atom is -0.444 e. The van der Waals surface area contributed by atoms with E-state index in [4.69, 9.17) is 10.2 Å². The van der Waals surface area contributed by atoms with Gasteiger partial charge in [-0.3, -0.25) is 4.79 Å². The normalized spacial score (nSPS) is 20.8. The standard InChI is InChI=1S/C17H21N3O2/c1-10-8-14(17(18)21)13-6-4-5-7-15(13)20(10)9-16-19-11(2)12(3)22-16/h4-7,10,14H,8-9H2,1-3H3,(H2,18,21). The fourth-order valence-electron chi connectivity index (χ4n) is 3.14. The second kappa shape index (κ2) is 5.48. The number of fused-ring (bicyclic) bond motifs is 1. The Labute approximate surface area is 130 Å². The van der Waals surface area contributed by atoms with E-state index in [1.165, 1.54) is 0 Å². The van der Waals surface area contributed by atoms with Crippen molar-refractivity contribution in [2.75, 3.05) is 4.90 Å². The number of oxazole rings is 1. The molecule has 0 bridgehead atoms. The highest BCUT2D eigenvalue weighted by molar-refractivity contribution is 5.85. The lowest BCUT2D eigenvalue weighted by molar-refractivity contribution is -0.119. The first-order valence-corrected chi connectivity index (χ1v) is 7.55. The topological polar surface area (TPSA) is 72.4 Å². The Morgan fingerprint density at radius 3 is 2.77 bits per heavy atom. The number of primary amides is 1. The molecule has 2 atom stereocenters. The average Bonchev–Trinajstić information content (AvgIpc) is 2.80. The fraction of sp³-hybridized carbons (Fsp3) is 0.412. The second-order valence-corrected chi connectivity index (χ2v) is 5.98. The lowest BCUT2D eigenvalue weighted by atomic mass is 9.85. The van der Waals surface area contributed by atoms with Crippen LogP contribution in [-0.4, -0.2) is 16.9 Å². The molecule has 2 N–H and O–H groups in total. The molecule has 22 heavy (non-hydrogen) atoms. The molecule has 1 amide bonds. The number of aryl methyl sites for hydroxylation is 2. The first-order chi connectivity index (χ1) is 10.5. The summed E-state index contributed by atoms with van der Waals surface area (Å²) in [5.41, 5.74) is 8.53. The number of amides is 1. The second-order valence-electron chi connectivity index (χ2n) is 5.98. The summed E-state index contributed by atoms with van der Waals surface area (Å²) < 4.78 is 5.71. The molecule has 1 aromatic carbocycles. The number of para-hydroxylation sites is 1. The van der Waals surface area contributed by atoms with Gasteiger partial charge < -0.3 is 15.1 Å². The van der Waals surface area contributed by atoms with Gasteiger partial charge >= 0.3 is 0 Å². The summed E-state index contributed by atoms with van der Waals surface area (Å²) in [6.07, 6.45) is 0.713. The number of aromatic nitrogens is 1. The highest BCUT2D eigenvalue weighted by atomic mass is 16.4. The SMILES string of the molecule is Cc1nc(CN2c3ccccc3C(C(N)=O)CC2C)oc1C. The van der Waals surface area contributed by atoms with Crippen molar-refractivity contribution in [1.29, 1.82) is 0 Å². The van der Waals surface area contributed by atoms with Gasteiger partial charge in [0.05, 0.1) is 18.2 Å². The predicted octanol–water partition coefficient (Wildman–Crippen LogP) is 2.66. The van der Waals surface area contributed by atoms with Crippen molar-refractivity contribution in [2.45, 2.75) is 45.7 Å². The number of nitrogens with two attached hydrogens (primary N) is 1. The van der Waals surface area contributed by atoms with Crippen molar-refractivity contribution in [2.24, 2.45) is 5.73 Å². The number of rotatable bonds is 3. The Bertz CT molecular complexity index is 688. The van der Waals surface area contributed by atoms with Crippen molar-refractivity contribution in [3.8, 4) is 0 Å². The molecule has 2 unspecified atom stereocenters. The lowest BCUT2D eigenvalue weighted by Crippen LogP contribution is -2.41. The van der Waals surface area contributed by atoms with Gasteiger partial charge in [-0.05, 0) is 38.8 Å². The van der Waals surface area contributed by atoms with Crippen LogP contribution in [0.4, 0.5) is 5.69 Å². The molecular formula is C17H21N3O2. The summed E-state index contributed by atoms with van der Waals surface area (Å²) in [7, 11) is 0. The smallest absolute Gasteiger partial charge is 0.225 e. The van der Waals surface area contributed by atoms with Gasteiger partial charge in [-0.2, -0.15) is 0 Å². The van der Waals surface area contributed by atoms with E-state index in [0.29, 0.717) is 18.9 Å². The van der Waals surface area contributed by atoms with E-state index in [0.717, 1.165) is 22.7 Å². The minimum absolute atomic E-state index is 0.194. The quantitative estimate of drug-likeness (QED) is 0.945. The van der Waals surface area contributed by atoms with Crippen LogP contribution in [0.2, 0.25) is 0 Å². The van der Waals surface area contributed by atoms with Crippen molar-refractivity contribution in [1.82, 2.24) is 4.98 Å². The van der Waals surface area contributed by atoms with E-state index >= 15 is 0 Å². The molecule has 116 valence electrons. The third kappa shape index (κ3) is 2.47. The highest BCUT2D eigenvalue weighted by Gasteiger charge is 2.33. The summed E-state index contributed by atoms with van der Waals surface area (Å²) in [5.74, 6) is 1.06. The van der Waals surface area contributed by atoms with Crippen LogP contribution in [0.3, 0.4) is 0 Å². The first kappa shape index (κ1) is 14.6. The van der Waals surface area contributed by atoms with Crippen molar-refractivity contribution in [3.63, 3.8) is 0 Å². The molecule has 5 nitrogen and oxygen atoms in total. The number of hydrogen-bond donors (Lipinski definition) is 1. The number of carbonyl (C=O) groups excluding carboxylic acids is 1. The largest absolute Gasteiger partial charge is 0.444 e. The van der Waals surface area contributed by atoms with E-state index in [1.807, 2.05) is 38.1 Å². The van der Waals surface area contributed by atoms with Gasteiger partial charge in [0.25, 0.3) is 0 Å². The van der Waals surface area contributed by atoms with Gasteiger partial charge in [-0.15, -0.1) is 0 Å². The van der Waals surface area contributed by atoms with Crippen molar-refractivity contribution < 1.29 is 9.21 Å². The zero-order valence-corrected chi connectivity index (χ0v) is 13.2. The number of nitrogens with zero attached hydrogens (tertiary/aromatic N) is 2. The molecule has 1 aliphatic rings. The van der Waals surface area contributed by atoms with Gasteiger partial charge in [0.15, 0.2) is 0 Å². The first-order valence-electron chi connectivity index (χ1n) is 7.55. The molecule has 1 aliphatic heterocycles. The van der Waals surface area contributed by atoms with Crippen LogP contribution < -0.4 is 10.6 Å². The molecular weight excluding hydrogens is 278 g/mol. The molecule has 2 aromatic rings. The molecule has 2 heterocycles. The Balaban J connectivity index is 1.97. The third-order valence-electron chi connectivity index (χ3n) is 4.45. The maximum absolute atomic E-state index is 11.7. The molecule has 0 spiro atoms. The fourth-order valence-corrected chi connectivity index (χ4v) is 3.14. The van der Waals surface area contributed by atoms with Crippen LogP contribution in [0.15, 0.2) is 28.7 Å². The molecule has 0 saturated heterocycles. The third-order valence-corrected chi connectivity index (χ3v) is 4.45. The van der Waals surface area contributed by atoms with Crippen LogP contribution >= 0.6 is 0 Å². The number of hydrogen-bond acceptors (Lipinski definition) is 4. The van der Waals surface area contributed by atoms with Gasteiger partial charge in [0, 0.05) is 11.7 Å². The maximum atomic E-state index is 11.7. The van der Waals surface area contributed by atoms with E-state index < -0.39 is 0 Å². The number of anilines is 1. The summed E-state index contributed by atoms with van der Waals surface area (Å²) in [4.78, 5) is 18.4. The van der Waals surface area contributed by atoms with Crippen LogP contribution in [0, 0.1) is 13.8 Å². The summed E-state index contributed by atoms with van der Waals surface area (Å²) in [5, 5.41) is 0. The van der Waals surface area contributed by atoms with Crippen LogP contribution in [0.5, 0.6) is 0 Å². The van der Waals surface area contributed by atoms with E-state index in [1.54, 1.807) is 0 Å². The van der Waals surface area contributed by atoms with Gasteiger partial charge in [0.2, 0.25) is 11.8 Å². The molecule has 1 aromatic heterocycles. The Morgan fingerprint density at radius 2 is 2.14 bits per heavy atom. The minimum atomic E-state index is -0.262. The molecule has 0 fully saturated rings. The summed E-state index contributed by atoms with van der Waals surface area (Å²) in [6.45, 7) is 6.56. The highest BCUT2D eigenvalue weighted by Crippen LogP contribution is 2.38. The number of carbonyl (C=O) groups is 1. The Morgan fingerprint density at radius 1 is 1.41 bits per heavy atom. The summed E-state index contributed by atoms with van der Waals surface area (Å²) >= 11 is 0. The monoisotopic (exact) mass is 299 g/mol. The van der Waals surface area contributed by atoms with Crippen molar-refractivity contribution >= 4 is 11.6 Å². The Kier molecular flexibility index (Phi) is 3.64. The van der Waals surface area contributed by atoms with Crippen molar-refractivity contribution in [3.05, 3.63) is 47.2 Å². The molecule has 0 radical (unpaired) electrons. The van der Waals surface area contributed by atoms with Crippen LogP contribution in [0.25, 0.3) is 0 Å². The lowest BCUT2D eigenvalue weighted by Gasteiger charge is -2.39. The zero-order chi connectivity index (χ0) is 15.9. The average molecular weight is 299 g/mol. The van der Waals surface area contributed by atoms with Gasteiger partial charge in [0.1, 0.15) is 5.76 Å². The molecule has 0 aliphatic carbocycles. The van der Waals surface area contributed by atoms with Crippen LogP contribution in [0.1, 0.15) is 42.2 Å². The van der Waals surface area contributed by atoms with Crippen LogP contribution in [-0.2, 0) is 11.3 Å². The molecule has 0 saturated carbocycles. The zero-order valence-electron chi connectivity index (χ0n) is 13.2. The Hall–Kier alpha value is -2.30. The number of benzene rings is 1. The van der Waals surface area contributed by atoms with E-state index in [2.05, 4.69) is 16.8 Å². The maximum Gasteiger partial charge on any atom is 0.225 e. The molecule has 5 heteroatoms. The van der Waals surface area contributed by atoms with E-state index in [-0.39, 0.29) is 17.9 Å². The van der Waals surface area contributed by atoms with E-state index in [9.17, 15) is 4.79 Å².